The zero-order chi connectivity index (χ0) is 50.7. The van der Waals surface area contributed by atoms with Crippen LogP contribution in [0.3, 0.4) is 0 Å². The Balaban J connectivity index is 1.35. The fraction of sp³-hybridized carbons (Fsp3) is 0.250. The number of fused-ring (bicyclic) bond motifs is 5. The summed E-state index contributed by atoms with van der Waals surface area (Å²) in [5, 5.41) is 135. The van der Waals surface area contributed by atoms with Gasteiger partial charge in [0.15, 0.2) is 34.5 Å². The van der Waals surface area contributed by atoms with Gasteiger partial charge in [-0.05, 0) is 38.5 Å². The van der Waals surface area contributed by atoms with Crippen LogP contribution in [-0.4, -0.2) is 153 Å². The van der Waals surface area contributed by atoms with E-state index in [2.05, 4.69) is 0 Å². The van der Waals surface area contributed by atoms with Gasteiger partial charge in [0, 0.05) is 67.8 Å². The summed E-state index contributed by atoms with van der Waals surface area (Å²) in [5.74, 6) is -15.8. The number of aromatic hydroxyl groups is 4. The summed E-state index contributed by atoms with van der Waals surface area (Å²) in [6, 6.07) is 3.67. The minimum atomic E-state index is -2.78. The van der Waals surface area contributed by atoms with Crippen molar-refractivity contribution in [3.05, 3.63) is 108 Å². The monoisotopic (exact) mass is 950 g/mol. The average Bonchev–Trinajstić information content (AvgIpc) is 3.30. The Bertz CT molecular complexity index is 3320. The van der Waals surface area contributed by atoms with E-state index < -0.39 is 211 Å². The molecule has 0 radical (unpaired) electrons. The van der Waals surface area contributed by atoms with Gasteiger partial charge in [0.2, 0.25) is 5.78 Å². The number of aryl methyl sites for hydroxylation is 1. The Morgan fingerprint density at radius 3 is 1.52 bits per heavy atom. The summed E-state index contributed by atoms with van der Waals surface area (Å²) in [4.78, 5) is 88.0. The molecule has 6 unspecified atom stereocenters. The molecule has 0 aromatic heterocycles. The van der Waals surface area contributed by atoms with E-state index in [9.17, 15) is 85.3 Å². The number of aliphatic hydroxyl groups is 8. The second kappa shape index (κ2) is 14.8. The summed E-state index contributed by atoms with van der Waals surface area (Å²) in [7, 11) is 3.12. The van der Waals surface area contributed by atoms with Crippen molar-refractivity contribution < 1.29 is 104 Å². The van der Waals surface area contributed by atoms with E-state index in [0.717, 1.165) is 59.4 Å². The first kappa shape index (κ1) is 46.2. The minimum absolute atomic E-state index is 0.137. The highest BCUT2D eigenvalue weighted by Gasteiger charge is 2.57. The summed E-state index contributed by atoms with van der Waals surface area (Å²) >= 11 is 0. The zero-order valence-corrected chi connectivity index (χ0v) is 36.7. The third kappa shape index (κ3) is 5.61. The zero-order valence-electron chi connectivity index (χ0n) is 36.7. The van der Waals surface area contributed by atoms with Crippen LogP contribution in [0.5, 0.6) is 40.2 Å². The molecule has 0 aliphatic heterocycles. The number of carbonyl (C=O) groups excluding carboxylic acids is 6. The van der Waals surface area contributed by atoms with Crippen molar-refractivity contribution in [3.63, 3.8) is 0 Å². The number of phenolic OH excluding ortho intramolecular Hbond substituents is 4. The van der Waals surface area contributed by atoms with Crippen LogP contribution in [-0.2, 0) is 0 Å². The topological polar surface area (TPSA) is 373 Å². The van der Waals surface area contributed by atoms with E-state index in [1.54, 1.807) is 0 Å². The van der Waals surface area contributed by atoms with Crippen LogP contribution >= 0.6 is 0 Å². The Labute approximate surface area is 386 Å². The molecule has 0 heterocycles. The van der Waals surface area contributed by atoms with E-state index in [1.807, 2.05) is 0 Å². The van der Waals surface area contributed by atoms with Crippen molar-refractivity contribution in [1.82, 2.24) is 0 Å². The van der Waals surface area contributed by atoms with Crippen LogP contribution < -0.4 is 14.2 Å². The van der Waals surface area contributed by atoms with E-state index in [0.29, 0.717) is 0 Å². The Morgan fingerprint density at radius 1 is 0.478 bits per heavy atom. The molecule has 6 atom stereocenters. The Morgan fingerprint density at radius 2 is 0.957 bits per heavy atom. The maximum absolute atomic E-state index is 15.4. The molecule has 0 amide bonds. The molecule has 356 valence electrons. The number of aliphatic hydroxyl groups excluding tert-OH is 6. The number of carbonyl (C=O) groups is 6. The lowest BCUT2D eigenvalue weighted by Crippen LogP contribution is -2.61. The molecule has 0 fully saturated rings. The van der Waals surface area contributed by atoms with Crippen LogP contribution in [0.15, 0.2) is 58.1 Å². The molecular formula is C48H38O21. The van der Waals surface area contributed by atoms with Gasteiger partial charge in [-0.1, -0.05) is 0 Å². The summed E-state index contributed by atoms with van der Waals surface area (Å²) in [5.41, 5.74) is -18.3. The maximum atomic E-state index is 15.4. The molecule has 5 aliphatic carbocycles. The van der Waals surface area contributed by atoms with Crippen molar-refractivity contribution in [2.24, 2.45) is 0 Å². The van der Waals surface area contributed by atoms with Crippen LogP contribution in [0.25, 0.3) is 22.3 Å². The first-order valence-electron chi connectivity index (χ1n) is 20.5. The number of allylic oxidation sites excluding steroid dienone is 2. The molecule has 4 aromatic carbocycles. The highest BCUT2D eigenvalue weighted by atomic mass is 16.5. The molecule has 12 N–H and O–H groups in total. The number of hydrogen-bond donors (Lipinski definition) is 12. The molecule has 4 aromatic rings. The van der Waals surface area contributed by atoms with Gasteiger partial charge >= 0.3 is 0 Å². The van der Waals surface area contributed by atoms with E-state index in [-0.39, 0.29) is 5.56 Å². The average molecular weight is 951 g/mol. The third-order valence-corrected chi connectivity index (χ3v) is 13.6. The first-order valence-corrected chi connectivity index (χ1v) is 20.5. The molecular weight excluding hydrogens is 913 g/mol. The van der Waals surface area contributed by atoms with Crippen LogP contribution in [0.4, 0.5) is 0 Å². The Hall–Kier alpha value is -7.92. The molecule has 0 bridgehead atoms. The second-order valence-corrected chi connectivity index (χ2v) is 17.4. The summed E-state index contributed by atoms with van der Waals surface area (Å²) in [6.45, 7) is 2.98. The van der Waals surface area contributed by atoms with E-state index >= 15 is 4.79 Å². The van der Waals surface area contributed by atoms with Gasteiger partial charge in [-0.2, -0.15) is 0 Å². The number of hydrogen-bond acceptors (Lipinski definition) is 21. The highest BCUT2D eigenvalue weighted by molar-refractivity contribution is 6.37. The van der Waals surface area contributed by atoms with Crippen LogP contribution in [0.1, 0.15) is 92.7 Å². The predicted molar refractivity (Wildman–Crippen MR) is 231 cm³/mol. The number of benzene rings is 4. The number of Topliss-reactive ketones (excluding diaryl/α,β-unsaturated/α-hetero) is 4. The number of ether oxygens (including phenoxy) is 3. The van der Waals surface area contributed by atoms with Crippen molar-refractivity contribution >= 4 is 34.7 Å². The molecule has 5 aliphatic rings. The third-order valence-electron chi connectivity index (χ3n) is 13.6. The van der Waals surface area contributed by atoms with Gasteiger partial charge in [0.25, 0.3) is 0 Å². The summed E-state index contributed by atoms with van der Waals surface area (Å²) in [6.07, 6.45) is -9.19. The van der Waals surface area contributed by atoms with Gasteiger partial charge in [-0.3, -0.25) is 28.8 Å². The van der Waals surface area contributed by atoms with Crippen molar-refractivity contribution in [3.8, 4) is 62.5 Å². The van der Waals surface area contributed by atoms with Crippen molar-refractivity contribution in [2.75, 3.05) is 21.3 Å². The fourth-order valence-corrected chi connectivity index (χ4v) is 9.96. The van der Waals surface area contributed by atoms with Gasteiger partial charge < -0.3 is 75.5 Å². The molecule has 21 nitrogen and oxygen atoms in total. The number of phenols is 4. The minimum Gasteiger partial charge on any atom is -0.509 e. The number of rotatable bonds is 5. The Kier molecular flexibility index (Phi) is 9.90. The smallest absolute Gasteiger partial charge is 0.201 e. The normalized spacial score (nSPS) is 25.0. The molecule has 9 rings (SSSR count). The van der Waals surface area contributed by atoms with Crippen molar-refractivity contribution in [2.45, 2.75) is 56.4 Å². The number of methoxy groups -OCH3 is 3. The molecule has 0 spiro atoms. The summed E-state index contributed by atoms with van der Waals surface area (Å²) < 4.78 is 16.6. The van der Waals surface area contributed by atoms with Gasteiger partial charge in [-0.15, -0.1) is 0 Å². The van der Waals surface area contributed by atoms with Gasteiger partial charge in [0.05, 0.1) is 54.7 Å². The lowest BCUT2D eigenvalue weighted by Gasteiger charge is -2.44. The van der Waals surface area contributed by atoms with E-state index in [1.165, 1.54) is 6.92 Å². The maximum Gasteiger partial charge on any atom is 0.201 e. The van der Waals surface area contributed by atoms with Crippen molar-refractivity contribution in [1.29, 1.82) is 0 Å². The molecule has 0 saturated heterocycles. The largest absolute Gasteiger partial charge is 0.509 e. The quantitative estimate of drug-likeness (QED) is 0.119. The first-order chi connectivity index (χ1) is 32.2. The molecule has 21 heteroatoms. The molecule has 0 saturated carbocycles. The SMILES string of the molecule is COc1cc2c(c(O)c1-c1c(OC)cc(O)c3c1C(=O)C1=C(C3=O)C(O)C(O)C(C)(O)C1O)C(=O)c1c(cc(C)c(O)c1-c1c(OC)cc(O)c3c1C(=O)C1=C(O)C(C)(O)C(O)C(O)=C1C3=O)C2=O. The predicted octanol–water partition coefficient (Wildman–Crippen LogP) is 1.60. The number of ketones is 6. The lowest BCUT2D eigenvalue weighted by molar-refractivity contribution is -0.158. The van der Waals surface area contributed by atoms with E-state index in [4.69, 9.17) is 14.2 Å². The second-order valence-electron chi connectivity index (χ2n) is 17.4. The van der Waals surface area contributed by atoms with Gasteiger partial charge in [0.1, 0.15) is 81.8 Å². The van der Waals surface area contributed by atoms with Gasteiger partial charge in [-0.25, -0.2) is 0 Å². The molecule has 69 heavy (non-hydrogen) atoms. The standard InChI is InChI=1S/C48H38O21/c1-11-7-12-19(26(33(11)51)24-18(69-6)10-15(50)22-28(24)40(58)32-30(38(22)56)42(60)46(64)48(3,66)44(32)62)35(53)20-13(34(12)52)8-16(67-4)25(36(20)54)23-17(68-5)9-14(49)21-27(23)39(57)31-29(37(21)55)41(59)45(63)47(2,65)43(31)61/h7-10,41,43,45-46,49-51,54,59-66H,1-6H3. The fourth-order valence-electron chi connectivity index (χ4n) is 9.96. The lowest BCUT2D eigenvalue weighted by atomic mass is 9.67. The van der Waals surface area contributed by atoms with Crippen LogP contribution in [0, 0.1) is 6.92 Å². The van der Waals surface area contributed by atoms with Crippen LogP contribution in [0.2, 0.25) is 0 Å². The highest BCUT2D eigenvalue weighted by Crippen LogP contribution is 2.57.